The van der Waals surface area contributed by atoms with Crippen LogP contribution in [0.15, 0.2) is 4.52 Å². The fourth-order valence-electron chi connectivity index (χ4n) is 3.05. The van der Waals surface area contributed by atoms with Gasteiger partial charge in [0.25, 0.3) is 5.91 Å². The van der Waals surface area contributed by atoms with Gasteiger partial charge in [-0.05, 0) is 37.8 Å². The Balaban J connectivity index is 1.55. The number of halogens is 1. The monoisotopic (exact) mass is 340 g/mol. The first kappa shape index (κ1) is 15.8. The third-order valence-corrected chi connectivity index (χ3v) is 4.81. The van der Waals surface area contributed by atoms with Gasteiger partial charge in [0.1, 0.15) is 5.54 Å². The number of likely N-dealkylation sites (tertiary alicyclic amines) is 1. The minimum Gasteiger partial charge on any atom is -0.344 e. The molecule has 2 aliphatic heterocycles. The molecule has 0 aromatic carbocycles. The van der Waals surface area contributed by atoms with Crippen LogP contribution < -0.4 is 10.6 Å². The first-order chi connectivity index (χ1) is 10.9. The van der Waals surface area contributed by atoms with Crippen molar-refractivity contribution in [2.24, 2.45) is 0 Å². The first-order valence-corrected chi connectivity index (χ1v) is 7.81. The third kappa shape index (κ3) is 2.90. The molecule has 2 aliphatic rings. The maximum Gasteiger partial charge on any atom is 0.322 e. The standard InChI is InChI=1S/C14H17ClN4O4/c1-8-9(11(15)23-18-8)2-3-10(20)19-6-4-14(5-7-19)12(21)16-13(22)17-14/h2-7H2,1H3,(H2,16,17,21,22). The molecule has 0 unspecified atom stereocenters. The normalized spacial score (nSPS) is 19.8. The van der Waals surface area contributed by atoms with Crippen LogP contribution in [0.3, 0.4) is 0 Å². The minimum absolute atomic E-state index is 0.0127. The zero-order valence-corrected chi connectivity index (χ0v) is 13.4. The highest BCUT2D eigenvalue weighted by atomic mass is 35.5. The Morgan fingerprint density at radius 3 is 2.61 bits per heavy atom. The Labute approximate surface area is 137 Å². The summed E-state index contributed by atoms with van der Waals surface area (Å²) in [5, 5.41) is 8.90. The molecule has 1 aromatic heterocycles. The molecule has 1 spiro atoms. The van der Waals surface area contributed by atoms with Crippen molar-refractivity contribution in [3.8, 4) is 0 Å². The maximum atomic E-state index is 12.3. The lowest BCUT2D eigenvalue weighted by Gasteiger charge is -2.37. The van der Waals surface area contributed by atoms with Crippen molar-refractivity contribution in [3.63, 3.8) is 0 Å². The van der Waals surface area contributed by atoms with Crippen LogP contribution in [0.2, 0.25) is 5.22 Å². The number of hydrogen-bond donors (Lipinski definition) is 2. The van der Waals surface area contributed by atoms with Crippen molar-refractivity contribution in [3.05, 3.63) is 16.5 Å². The van der Waals surface area contributed by atoms with Crippen molar-refractivity contribution >= 4 is 29.4 Å². The van der Waals surface area contributed by atoms with Gasteiger partial charge in [0.05, 0.1) is 5.69 Å². The van der Waals surface area contributed by atoms with E-state index in [4.69, 9.17) is 16.1 Å². The summed E-state index contributed by atoms with van der Waals surface area (Å²) in [6, 6.07) is -0.465. The molecular formula is C14H17ClN4O4. The highest BCUT2D eigenvalue weighted by Crippen LogP contribution is 2.26. The Morgan fingerprint density at radius 1 is 1.39 bits per heavy atom. The molecule has 0 saturated carbocycles. The van der Waals surface area contributed by atoms with E-state index in [9.17, 15) is 14.4 Å². The number of hydrogen-bond acceptors (Lipinski definition) is 5. The van der Waals surface area contributed by atoms with Crippen LogP contribution in [0.1, 0.15) is 30.5 Å². The van der Waals surface area contributed by atoms with Crippen LogP contribution in [0.25, 0.3) is 0 Å². The average Bonchev–Trinajstić information content (AvgIpc) is 2.97. The smallest absolute Gasteiger partial charge is 0.322 e. The number of piperidine rings is 1. The summed E-state index contributed by atoms with van der Waals surface area (Å²) in [6.45, 7) is 2.65. The van der Waals surface area contributed by atoms with Gasteiger partial charge < -0.3 is 14.7 Å². The largest absolute Gasteiger partial charge is 0.344 e. The molecular weight excluding hydrogens is 324 g/mol. The highest BCUT2D eigenvalue weighted by molar-refractivity contribution is 6.29. The van der Waals surface area contributed by atoms with Gasteiger partial charge in [0.2, 0.25) is 11.1 Å². The summed E-state index contributed by atoms with van der Waals surface area (Å²) in [5.41, 5.74) is 0.573. The van der Waals surface area contributed by atoms with E-state index >= 15 is 0 Å². The van der Waals surface area contributed by atoms with Crippen LogP contribution in [-0.4, -0.2) is 46.5 Å². The van der Waals surface area contributed by atoms with E-state index in [2.05, 4.69) is 15.8 Å². The Kier molecular flexibility index (Phi) is 4.01. The fourth-order valence-corrected chi connectivity index (χ4v) is 3.31. The Morgan fingerprint density at radius 2 is 2.09 bits per heavy atom. The molecule has 2 N–H and O–H groups in total. The van der Waals surface area contributed by atoms with Crippen LogP contribution in [0.4, 0.5) is 4.79 Å². The number of amides is 4. The molecule has 8 nitrogen and oxygen atoms in total. The predicted molar refractivity (Wildman–Crippen MR) is 79.8 cm³/mol. The lowest BCUT2D eigenvalue weighted by atomic mass is 9.87. The van der Waals surface area contributed by atoms with Crippen LogP contribution >= 0.6 is 11.6 Å². The molecule has 124 valence electrons. The average molecular weight is 341 g/mol. The number of carbonyl (C=O) groups excluding carboxylic acids is 3. The van der Waals surface area contributed by atoms with E-state index in [0.29, 0.717) is 44.5 Å². The molecule has 1 aromatic rings. The number of carbonyl (C=O) groups is 3. The van der Waals surface area contributed by atoms with Crippen molar-refractivity contribution in [2.75, 3.05) is 13.1 Å². The molecule has 0 aliphatic carbocycles. The van der Waals surface area contributed by atoms with Crippen LogP contribution in [-0.2, 0) is 16.0 Å². The number of urea groups is 1. The lowest BCUT2D eigenvalue weighted by Crippen LogP contribution is -2.55. The Hall–Kier alpha value is -2.09. The van der Waals surface area contributed by atoms with E-state index in [1.54, 1.807) is 11.8 Å². The summed E-state index contributed by atoms with van der Waals surface area (Å²) < 4.78 is 4.86. The highest BCUT2D eigenvalue weighted by Gasteiger charge is 2.48. The van der Waals surface area contributed by atoms with Crippen molar-refractivity contribution < 1.29 is 18.9 Å². The van der Waals surface area contributed by atoms with Gasteiger partial charge in [-0.2, -0.15) is 0 Å². The number of imide groups is 1. The number of nitrogens with one attached hydrogen (secondary N) is 2. The van der Waals surface area contributed by atoms with E-state index in [1.807, 2.05) is 0 Å². The molecule has 3 rings (SSSR count). The first-order valence-electron chi connectivity index (χ1n) is 7.43. The number of rotatable bonds is 3. The lowest BCUT2D eigenvalue weighted by molar-refractivity contribution is -0.135. The molecule has 0 bridgehead atoms. The second kappa shape index (κ2) is 5.84. The summed E-state index contributed by atoms with van der Waals surface area (Å²) in [5.74, 6) is -0.317. The molecule has 4 amide bonds. The second-order valence-electron chi connectivity index (χ2n) is 5.89. The summed E-state index contributed by atoms with van der Waals surface area (Å²) in [6.07, 6.45) is 1.60. The summed E-state index contributed by atoms with van der Waals surface area (Å²) in [7, 11) is 0. The molecule has 0 radical (unpaired) electrons. The molecule has 2 saturated heterocycles. The maximum absolute atomic E-state index is 12.3. The molecule has 3 heterocycles. The van der Waals surface area contributed by atoms with E-state index in [0.717, 1.165) is 5.56 Å². The van der Waals surface area contributed by atoms with Crippen molar-refractivity contribution in [1.82, 2.24) is 20.7 Å². The zero-order valence-electron chi connectivity index (χ0n) is 12.6. The van der Waals surface area contributed by atoms with Gasteiger partial charge in [-0.25, -0.2) is 4.79 Å². The SMILES string of the molecule is Cc1noc(Cl)c1CCC(=O)N1CCC2(CC1)NC(=O)NC2=O. The predicted octanol–water partition coefficient (Wildman–Crippen LogP) is 0.770. The molecule has 0 atom stereocenters. The van der Waals surface area contributed by atoms with Crippen molar-refractivity contribution in [2.45, 2.75) is 38.1 Å². The topological polar surface area (TPSA) is 105 Å². The Bertz CT molecular complexity index is 644. The van der Waals surface area contributed by atoms with Crippen LogP contribution in [0.5, 0.6) is 0 Å². The quantitative estimate of drug-likeness (QED) is 0.791. The number of nitrogens with zero attached hydrogens (tertiary/aromatic N) is 2. The van der Waals surface area contributed by atoms with Gasteiger partial charge in [0, 0.05) is 25.1 Å². The summed E-state index contributed by atoms with van der Waals surface area (Å²) in [4.78, 5) is 37.2. The number of aryl methyl sites for hydroxylation is 1. The minimum atomic E-state index is -0.859. The van der Waals surface area contributed by atoms with Gasteiger partial charge in [-0.1, -0.05) is 5.16 Å². The molecule has 9 heteroatoms. The van der Waals surface area contributed by atoms with Gasteiger partial charge in [-0.3, -0.25) is 14.9 Å². The molecule has 2 fully saturated rings. The van der Waals surface area contributed by atoms with Crippen molar-refractivity contribution in [1.29, 1.82) is 0 Å². The number of aromatic nitrogens is 1. The van der Waals surface area contributed by atoms with E-state index in [1.165, 1.54) is 0 Å². The van der Waals surface area contributed by atoms with E-state index < -0.39 is 11.6 Å². The zero-order chi connectivity index (χ0) is 16.6. The van der Waals surface area contributed by atoms with Crippen LogP contribution in [0, 0.1) is 6.92 Å². The summed E-state index contributed by atoms with van der Waals surface area (Å²) >= 11 is 5.89. The molecule has 23 heavy (non-hydrogen) atoms. The van der Waals surface area contributed by atoms with Gasteiger partial charge in [0.15, 0.2) is 0 Å². The van der Waals surface area contributed by atoms with Gasteiger partial charge in [-0.15, -0.1) is 0 Å². The third-order valence-electron chi connectivity index (χ3n) is 4.51. The van der Waals surface area contributed by atoms with Gasteiger partial charge >= 0.3 is 6.03 Å². The van der Waals surface area contributed by atoms with E-state index in [-0.39, 0.29) is 17.0 Å². The fraction of sp³-hybridized carbons (Fsp3) is 0.571. The second-order valence-corrected chi connectivity index (χ2v) is 6.23.